The van der Waals surface area contributed by atoms with Crippen molar-refractivity contribution in [2.75, 3.05) is 11.9 Å². The van der Waals surface area contributed by atoms with Crippen LogP contribution in [-0.2, 0) is 19.6 Å². The Morgan fingerprint density at radius 3 is 2.45 bits per heavy atom. The van der Waals surface area contributed by atoms with Crippen LogP contribution < -0.4 is 15.8 Å². The number of unbranched alkanes of at least 4 members (excludes halogenated alkanes) is 1. The molecular formula is C25H30ClN3O7S2. The lowest BCUT2D eigenvalue weighted by Gasteiger charge is -2.17. The van der Waals surface area contributed by atoms with Crippen LogP contribution in [-0.4, -0.2) is 47.8 Å². The van der Waals surface area contributed by atoms with E-state index in [1.54, 1.807) is 12.1 Å². The Hall–Kier alpha value is -3.06. The predicted molar refractivity (Wildman–Crippen MR) is 148 cm³/mol. The SMILES string of the molecule is NS(=O)(=O)c1cc(C(=O)CC(CCCCNC(=S)CCCC(=O)O)C(=O)Nc2cccc(O)c2)ccc1Cl. The fraction of sp³-hybridized carbons (Fsp3) is 0.360. The monoisotopic (exact) mass is 583 g/mol. The number of anilines is 1. The number of primary sulfonamides is 1. The lowest BCUT2D eigenvalue weighted by Crippen LogP contribution is -2.26. The van der Waals surface area contributed by atoms with E-state index in [0.29, 0.717) is 49.3 Å². The summed E-state index contributed by atoms with van der Waals surface area (Å²) in [7, 11) is -4.15. The number of nitrogens with one attached hydrogen (secondary N) is 2. The Balaban J connectivity index is 2.04. The summed E-state index contributed by atoms with van der Waals surface area (Å²) < 4.78 is 23.6. The summed E-state index contributed by atoms with van der Waals surface area (Å²) in [6.07, 6.45) is 2.30. The molecule has 1 amide bonds. The molecule has 0 bridgehead atoms. The van der Waals surface area contributed by atoms with E-state index in [1.807, 2.05) is 0 Å². The molecule has 0 aromatic heterocycles. The van der Waals surface area contributed by atoms with Gasteiger partial charge in [-0.1, -0.05) is 36.3 Å². The number of aromatic hydroxyl groups is 1. The van der Waals surface area contributed by atoms with Gasteiger partial charge in [0.25, 0.3) is 0 Å². The van der Waals surface area contributed by atoms with Gasteiger partial charge in [0.15, 0.2) is 5.78 Å². The van der Waals surface area contributed by atoms with Crippen molar-refractivity contribution in [3.63, 3.8) is 0 Å². The molecule has 206 valence electrons. The lowest BCUT2D eigenvalue weighted by molar-refractivity contribution is -0.137. The Morgan fingerprint density at radius 2 is 1.79 bits per heavy atom. The van der Waals surface area contributed by atoms with Crippen molar-refractivity contribution in [2.24, 2.45) is 11.1 Å². The first kappa shape index (κ1) is 31.2. The molecular weight excluding hydrogens is 554 g/mol. The van der Waals surface area contributed by atoms with E-state index in [9.17, 15) is 27.9 Å². The van der Waals surface area contributed by atoms with Crippen LogP contribution in [0.4, 0.5) is 5.69 Å². The minimum absolute atomic E-state index is 0.0301. The highest BCUT2D eigenvalue weighted by Crippen LogP contribution is 2.25. The molecule has 2 aromatic rings. The quantitative estimate of drug-likeness (QED) is 0.118. The number of halogens is 1. The maximum Gasteiger partial charge on any atom is 0.303 e. The number of aliphatic carboxylic acids is 1. The van der Waals surface area contributed by atoms with Gasteiger partial charge >= 0.3 is 5.97 Å². The second kappa shape index (κ2) is 14.8. The number of sulfonamides is 1. The lowest BCUT2D eigenvalue weighted by atomic mass is 9.92. The van der Waals surface area contributed by atoms with E-state index in [4.69, 9.17) is 34.1 Å². The Kier molecular flexibility index (Phi) is 12.1. The largest absolute Gasteiger partial charge is 0.508 e. The number of benzene rings is 2. The summed E-state index contributed by atoms with van der Waals surface area (Å²) in [5.41, 5.74) is 0.422. The maximum absolute atomic E-state index is 13.0. The number of carbonyl (C=O) groups is 3. The highest BCUT2D eigenvalue weighted by molar-refractivity contribution is 7.89. The van der Waals surface area contributed by atoms with Gasteiger partial charge in [-0.2, -0.15) is 0 Å². The zero-order valence-corrected chi connectivity index (χ0v) is 22.9. The fourth-order valence-corrected chi connectivity index (χ4v) is 4.94. The van der Waals surface area contributed by atoms with Gasteiger partial charge < -0.3 is 20.8 Å². The summed E-state index contributed by atoms with van der Waals surface area (Å²) >= 11 is 11.1. The van der Waals surface area contributed by atoms with Crippen LogP contribution in [0.1, 0.15) is 55.3 Å². The number of rotatable bonds is 15. The minimum atomic E-state index is -4.15. The van der Waals surface area contributed by atoms with E-state index in [-0.39, 0.29) is 34.1 Å². The zero-order chi connectivity index (χ0) is 28.3. The molecule has 1 atom stereocenters. The summed E-state index contributed by atoms with van der Waals surface area (Å²) in [6.45, 7) is 0.523. The molecule has 0 saturated carbocycles. The second-order valence-corrected chi connectivity index (χ2v) is 11.1. The summed E-state index contributed by atoms with van der Waals surface area (Å²) in [5, 5.41) is 29.2. The second-order valence-electron chi connectivity index (χ2n) is 8.65. The molecule has 0 radical (unpaired) electrons. The molecule has 0 fully saturated rings. The number of hydrogen-bond acceptors (Lipinski definition) is 7. The first-order valence-electron chi connectivity index (χ1n) is 11.8. The average molecular weight is 584 g/mol. The van der Waals surface area contributed by atoms with E-state index in [0.717, 1.165) is 6.07 Å². The van der Waals surface area contributed by atoms with Crippen molar-refractivity contribution in [2.45, 2.75) is 49.8 Å². The smallest absolute Gasteiger partial charge is 0.303 e. The van der Waals surface area contributed by atoms with Crippen molar-refractivity contribution in [3.05, 3.63) is 53.1 Å². The van der Waals surface area contributed by atoms with Crippen LogP contribution in [0.2, 0.25) is 5.02 Å². The number of ketones is 1. The number of amides is 1. The van der Waals surface area contributed by atoms with E-state index >= 15 is 0 Å². The third kappa shape index (κ3) is 10.7. The standard InChI is InChI=1S/C25H30ClN3O7S2/c26-20-11-10-16(14-22(20)38(27,35)36)21(31)13-17(25(34)29-18-6-3-7-19(30)15-18)5-1-2-12-28-23(37)8-4-9-24(32)33/h3,6-7,10-11,14-15,17,30H,1-2,4-5,8-9,12-13H2,(H,28,37)(H,29,34)(H,32,33)(H2,27,35,36). The number of nitrogens with two attached hydrogens (primary N) is 1. The van der Waals surface area contributed by atoms with Gasteiger partial charge in [0.1, 0.15) is 10.6 Å². The number of thiocarbonyl (C=S) groups is 1. The van der Waals surface area contributed by atoms with E-state index in [2.05, 4.69) is 10.6 Å². The van der Waals surface area contributed by atoms with Crippen molar-refractivity contribution in [1.82, 2.24) is 5.32 Å². The molecule has 0 aliphatic heterocycles. The Labute approximate surface area is 231 Å². The summed E-state index contributed by atoms with van der Waals surface area (Å²) in [4.78, 5) is 36.8. The van der Waals surface area contributed by atoms with Gasteiger partial charge in [-0.05, 0) is 56.0 Å². The van der Waals surface area contributed by atoms with E-state index < -0.39 is 33.6 Å². The number of carbonyl (C=O) groups excluding carboxylic acids is 2. The predicted octanol–water partition coefficient (Wildman–Crippen LogP) is 3.86. The number of carboxylic acids is 1. The van der Waals surface area contributed by atoms with Crippen LogP contribution in [0.25, 0.3) is 0 Å². The molecule has 13 heteroatoms. The van der Waals surface area contributed by atoms with Gasteiger partial charge in [-0.3, -0.25) is 14.4 Å². The number of Topliss-reactive ketones (excluding diaryl/α,β-unsaturated/α-hetero) is 1. The third-order valence-corrected chi connectivity index (χ3v) is 7.31. The Morgan fingerprint density at radius 1 is 1.05 bits per heavy atom. The molecule has 0 spiro atoms. The average Bonchev–Trinajstić information content (AvgIpc) is 2.82. The van der Waals surface area contributed by atoms with Crippen LogP contribution in [0.5, 0.6) is 5.75 Å². The molecule has 0 aliphatic rings. The number of phenolic OH excluding ortho intramolecular Hbond substituents is 1. The highest BCUT2D eigenvalue weighted by atomic mass is 35.5. The number of carboxylic acid groups (broad SMARTS) is 1. The number of hydrogen-bond donors (Lipinski definition) is 5. The topological polar surface area (TPSA) is 176 Å². The molecule has 2 aromatic carbocycles. The first-order valence-corrected chi connectivity index (χ1v) is 14.1. The number of phenols is 1. The van der Waals surface area contributed by atoms with Crippen molar-refractivity contribution in [3.8, 4) is 5.75 Å². The summed E-state index contributed by atoms with van der Waals surface area (Å²) in [6, 6.07) is 9.74. The van der Waals surface area contributed by atoms with Crippen LogP contribution >= 0.6 is 23.8 Å². The molecule has 2 rings (SSSR count). The van der Waals surface area contributed by atoms with Crippen LogP contribution in [0.15, 0.2) is 47.4 Å². The third-order valence-electron chi connectivity index (χ3n) is 5.57. The minimum Gasteiger partial charge on any atom is -0.508 e. The van der Waals surface area contributed by atoms with Crippen molar-refractivity contribution < 1.29 is 33.0 Å². The molecule has 0 heterocycles. The first-order chi connectivity index (χ1) is 17.9. The van der Waals surface area contributed by atoms with Gasteiger partial charge in [0, 0.05) is 42.6 Å². The van der Waals surface area contributed by atoms with Gasteiger partial charge in [-0.15, -0.1) is 0 Å². The van der Waals surface area contributed by atoms with Crippen LogP contribution in [0.3, 0.4) is 0 Å². The normalized spacial score (nSPS) is 11.9. The fourth-order valence-electron chi connectivity index (χ4n) is 3.62. The summed E-state index contributed by atoms with van der Waals surface area (Å²) in [5.74, 6) is -2.54. The van der Waals surface area contributed by atoms with E-state index in [1.165, 1.54) is 24.3 Å². The molecule has 10 nitrogen and oxygen atoms in total. The van der Waals surface area contributed by atoms with Crippen LogP contribution in [0, 0.1) is 5.92 Å². The molecule has 6 N–H and O–H groups in total. The molecule has 0 saturated heterocycles. The molecule has 0 aliphatic carbocycles. The van der Waals surface area contributed by atoms with Gasteiger partial charge in [0.05, 0.1) is 10.0 Å². The van der Waals surface area contributed by atoms with Gasteiger partial charge in [-0.25, -0.2) is 13.6 Å². The zero-order valence-electron chi connectivity index (χ0n) is 20.5. The Bertz CT molecular complexity index is 1290. The molecule has 38 heavy (non-hydrogen) atoms. The van der Waals surface area contributed by atoms with Gasteiger partial charge in [0.2, 0.25) is 15.9 Å². The molecule has 1 unspecified atom stereocenters. The maximum atomic E-state index is 13.0. The van der Waals surface area contributed by atoms with Crippen molar-refractivity contribution in [1.29, 1.82) is 0 Å². The highest BCUT2D eigenvalue weighted by Gasteiger charge is 2.24. The van der Waals surface area contributed by atoms with Crippen molar-refractivity contribution >= 4 is 62.2 Å².